The molecule has 100 valence electrons. The summed E-state index contributed by atoms with van der Waals surface area (Å²) in [5.41, 5.74) is -0.304. The predicted molar refractivity (Wildman–Crippen MR) is 76.8 cm³/mol. The van der Waals surface area contributed by atoms with E-state index >= 15 is 0 Å². The number of hydrogen-bond acceptors (Lipinski definition) is 3. The second kappa shape index (κ2) is 5.84. The Bertz CT molecular complexity index is 451. The molecule has 18 heavy (non-hydrogen) atoms. The third-order valence-electron chi connectivity index (χ3n) is 2.04. The van der Waals surface area contributed by atoms with Crippen LogP contribution in [0.1, 0.15) is 37.4 Å². The van der Waals surface area contributed by atoms with Crippen molar-refractivity contribution in [2.24, 2.45) is 0 Å². The Balaban J connectivity index is 2.57. The SMILES string of the molecule is C[C@@H](NC(=O)c1ccc(Br)s1)C(=O)NC(C)(C)C. The van der Waals surface area contributed by atoms with Crippen molar-refractivity contribution in [1.82, 2.24) is 10.6 Å². The Morgan fingerprint density at radius 2 is 1.94 bits per heavy atom. The van der Waals surface area contributed by atoms with Gasteiger partial charge in [-0.2, -0.15) is 0 Å². The first-order valence-electron chi connectivity index (χ1n) is 5.57. The zero-order valence-electron chi connectivity index (χ0n) is 10.8. The number of carbonyl (C=O) groups excluding carboxylic acids is 2. The van der Waals surface area contributed by atoms with Gasteiger partial charge < -0.3 is 10.6 Å². The normalized spacial score (nSPS) is 12.9. The van der Waals surface area contributed by atoms with E-state index in [4.69, 9.17) is 0 Å². The molecule has 0 spiro atoms. The minimum atomic E-state index is -0.558. The van der Waals surface area contributed by atoms with E-state index in [0.29, 0.717) is 4.88 Å². The van der Waals surface area contributed by atoms with Gasteiger partial charge in [-0.25, -0.2) is 0 Å². The van der Waals surface area contributed by atoms with Gasteiger partial charge >= 0.3 is 0 Å². The van der Waals surface area contributed by atoms with Crippen LogP contribution in [0.25, 0.3) is 0 Å². The summed E-state index contributed by atoms with van der Waals surface area (Å²) in [5, 5.41) is 5.49. The van der Waals surface area contributed by atoms with Crippen LogP contribution in [0.4, 0.5) is 0 Å². The van der Waals surface area contributed by atoms with Crippen LogP contribution < -0.4 is 10.6 Å². The van der Waals surface area contributed by atoms with Gasteiger partial charge in [-0.1, -0.05) is 0 Å². The summed E-state index contributed by atoms with van der Waals surface area (Å²) in [6.45, 7) is 7.36. The molecule has 0 aromatic carbocycles. The summed E-state index contributed by atoms with van der Waals surface area (Å²) in [6.07, 6.45) is 0. The monoisotopic (exact) mass is 332 g/mol. The number of halogens is 1. The number of rotatable bonds is 3. The lowest BCUT2D eigenvalue weighted by molar-refractivity contribution is -0.124. The summed E-state index contributed by atoms with van der Waals surface area (Å²) >= 11 is 4.63. The van der Waals surface area contributed by atoms with E-state index in [9.17, 15) is 9.59 Å². The largest absolute Gasteiger partial charge is 0.350 e. The number of carbonyl (C=O) groups is 2. The molecular formula is C12H17BrN2O2S. The first-order chi connectivity index (χ1) is 8.19. The third-order valence-corrected chi connectivity index (χ3v) is 3.66. The fraction of sp³-hybridized carbons (Fsp3) is 0.500. The number of nitrogens with one attached hydrogen (secondary N) is 2. The molecule has 0 unspecified atom stereocenters. The van der Waals surface area contributed by atoms with Gasteiger partial charge in [0.1, 0.15) is 6.04 Å². The zero-order valence-corrected chi connectivity index (χ0v) is 13.2. The summed E-state index contributed by atoms with van der Waals surface area (Å²) in [4.78, 5) is 24.2. The van der Waals surface area contributed by atoms with E-state index in [0.717, 1.165) is 3.79 Å². The molecule has 1 atom stereocenters. The maximum Gasteiger partial charge on any atom is 0.262 e. The van der Waals surface area contributed by atoms with E-state index in [-0.39, 0.29) is 17.4 Å². The topological polar surface area (TPSA) is 58.2 Å². The summed E-state index contributed by atoms with van der Waals surface area (Å²) in [6, 6.07) is 2.97. The Morgan fingerprint density at radius 3 is 2.39 bits per heavy atom. The molecule has 0 aliphatic heterocycles. The molecule has 6 heteroatoms. The van der Waals surface area contributed by atoms with Crippen molar-refractivity contribution < 1.29 is 9.59 Å². The Labute approximate surface area is 119 Å². The van der Waals surface area contributed by atoms with Gasteiger partial charge in [0.05, 0.1) is 8.66 Å². The van der Waals surface area contributed by atoms with Gasteiger partial charge in [0.15, 0.2) is 0 Å². The maximum absolute atomic E-state index is 11.8. The van der Waals surface area contributed by atoms with Crippen molar-refractivity contribution in [3.8, 4) is 0 Å². The molecule has 4 nitrogen and oxygen atoms in total. The number of hydrogen-bond donors (Lipinski definition) is 2. The molecule has 1 aromatic rings. The smallest absolute Gasteiger partial charge is 0.262 e. The van der Waals surface area contributed by atoms with Crippen LogP contribution >= 0.6 is 27.3 Å². The summed E-state index contributed by atoms with van der Waals surface area (Å²) in [7, 11) is 0. The van der Waals surface area contributed by atoms with Crippen molar-refractivity contribution in [1.29, 1.82) is 0 Å². The highest BCUT2D eigenvalue weighted by Gasteiger charge is 2.21. The molecule has 0 radical (unpaired) electrons. The Kier molecular flexibility index (Phi) is 4.92. The molecule has 0 saturated heterocycles. The lowest BCUT2D eigenvalue weighted by Crippen LogP contribution is -2.50. The van der Waals surface area contributed by atoms with Crippen LogP contribution in [0, 0.1) is 0 Å². The number of thiophene rings is 1. The van der Waals surface area contributed by atoms with Crippen LogP contribution in [0.15, 0.2) is 15.9 Å². The fourth-order valence-corrected chi connectivity index (χ4v) is 2.54. The number of amides is 2. The zero-order chi connectivity index (χ0) is 13.9. The second-order valence-electron chi connectivity index (χ2n) is 5.04. The van der Waals surface area contributed by atoms with Gasteiger partial charge in [0.25, 0.3) is 5.91 Å². The van der Waals surface area contributed by atoms with E-state index in [1.54, 1.807) is 19.1 Å². The quantitative estimate of drug-likeness (QED) is 0.893. The van der Waals surface area contributed by atoms with Crippen molar-refractivity contribution in [3.05, 3.63) is 20.8 Å². The minimum absolute atomic E-state index is 0.188. The van der Waals surface area contributed by atoms with E-state index in [1.165, 1.54) is 11.3 Å². The standard InChI is InChI=1S/C12H17BrN2O2S/c1-7(10(16)15-12(2,3)4)14-11(17)8-5-6-9(13)18-8/h5-7H,1-4H3,(H,14,17)(H,15,16)/t7-/m1/s1. The molecule has 0 bridgehead atoms. The van der Waals surface area contributed by atoms with E-state index in [2.05, 4.69) is 26.6 Å². The average molecular weight is 333 g/mol. The molecule has 1 heterocycles. The Morgan fingerprint density at radius 1 is 1.33 bits per heavy atom. The molecule has 1 rings (SSSR count). The van der Waals surface area contributed by atoms with Crippen LogP contribution in [-0.4, -0.2) is 23.4 Å². The van der Waals surface area contributed by atoms with Crippen LogP contribution in [0.3, 0.4) is 0 Å². The predicted octanol–water partition coefficient (Wildman–Crippen LogP) is 2.54. The minimum Gasteiger partial charge on any atom is -0.350 e. The van der Waals surface area contributed by atoms with Crippen molar-refractivity contribution in [2.45, 2.75) is 39.3 Å². The van der Waals surface area contributed by atoms with Crippen molar-refractivity contribution in [2.75, 3.05) is 0 Å². The van der Waals surface area contributed by atoms with Gasteiger partial charge in [-0.15, -0.1) is 11.3 Å². The molecule has 2 amide bonds. The lowest BCUT2D eigenvalue weighted by atomic mass is 10.1. The first kappa shape index (κ1) is 15.2. The van der Waals surface area contributed by atoms with Crippen LogP contribution in [0.2, 0.25) is 0 Å². The molecule has 1 aromatic heterocycles. The first-order valence-corrected chi connectivity index (χ1v) is 7.18. The van der Waals surface area contributed by atoms with E-state index < -0.39 is 6.04 Å². The summed E-state index contributed by atoms with van der Waals surface area (Å²) in [5.74, 6) is -0.422. The van der Waals surface area contributed by atoms with Crippen LogP contribution in [0.5, 0.6) is 0 Å². The molecule has 0 aliphatic rings. The fourth-order valence-electron chi connectivity index (χ4n) is 1.25. The second-order valence-corrected chi connectivity index (χ2v) is 7.50. The van der Waals surface area contributed by atoms with Gasteiger partial charge in [-0.05, 0) is 55.8 Å². The lowest BCUT2D eigenvalue weighted by Gasteiger charge is -2.23. The average Bonchev–Trinajstić information content (AvgIpc) is 2.62. The van der Waals surface area contributed by atoms with Gasteiger partial charge in [0.2, 0.25) is 5.91 Å². The molecule has 0 fully saturated rings. The highest BCUT2D eigenvalue weighted by atomic mass is 79.9. The Hall–Kier alpha value is -0.880. The molecule has 0 aliphatic carbocycles. The third kappa shape index (κ3) is 4.78. The van der Waals surface area contributed by atoms with Crippen molar-refractivity contribution >= 4 is 39.1 Å². The van der Waals surface area contributed by atoms with Crippen LogP contribution in [-0.2, 0) is 4.79 Å². The maximum atomic E-state index is 11.8. The summed E-state index contributed by atoms with van der Waals surface area (Å²) < 4.78 is 0.888. The van der Waals surface area contributed by atoms with Gasteiger partial charge in [-0.3, -0.25) is 9.59 Å². The molecule has 0 saturated carbocycles. The van der Waals surface area contributed by atoms with E-state index in [1.807, 2.05) is 20.8 Å². The molecular weight excluding hydrogens is 316 g/mol. The molecule has 2 N–H and O–H groups in total. The highest BCUT2D eigenvalue weighted by Crippen LogP contribution is 2.21. The van der Waals surface area contributed by atoms with Gasteiger partial charge in [0, 0.05) is 5.54 Å². The van der Waals surface area contributed by atoms with Crippen molar-refractivity contribution in [3.63, 3.8) is 0 Å². The highest BCUT2D eigenvalue weighted by molar-refractivity contribution is 9.11.